The van der Waals surface area contributed by atoms with Crippen LogP contribution in [0.4, 0.5) is 0 Å². The van der Waals surface area contributed by atoms with Gasteiger partial charge in [-0.3, -0.25) is 5.41 Å². The van der Waals surface area contributed by atoms with Crippen molar-refractivity contribution in [2.24, 2.45) is 9.98 Å². The summed E-state index contributed by atoms with van der Waals surface area (Å²) in [6.07, 6.45) is 2.74. The Morgan fingerprint density at radius 1 is 1.35 bits per heavy atom. The van der Waals surface area contributed by atoms with Crippen LogP contribution >= 0.6 is 23.5 Å². The number of hydrogen-bond acceptors (Lipinski definition) is 7. The maximum Gasteiger partial charge on any atom is 0.269 e. The van der Waals surface area contributed by atoms with E-state index in [-0.39, 0.29) is 28.3 Å². The second kappa shape index (κ2) is 8.89. The molecule has 1 aromatic rings. The van der Waals surface area contributed by atoms with Crippen molar-refractivity contribution in [2.75, 3.05) is 26.7 Å². The van der Waals surface area contributed by atoms with E-state index in [1.165, 1.54) is 32.0 Å². The molecule has 0 saturated heterocycles. The predicted octanol–water partition coefficient (Wildman–Crippen LogP) is 2.47. The van der Waals surface area contributed by atoms with Gasteiger partial charge in [-0.25, -0.2) is 12.7 Å². The summed E-state index contributed by atoms with van der Waals surface area (Å²) < 4.78 is 38.3. The molecular formula is C15H20N4O4S3. The molecule has 0 aromatic heterocycles. The van der Waals surface area contributed by atoms with Gasteiger partial charge in [-0.1, -0.05) is 23.9 Å². The molecule has 1 unspecified atom stereocenters. The zero-order chi connectivity index (χ0) is 19.3. The van der Waals surface area contributed by atoms with Gasteiger partial charge in [0.2, 0.25) is 5.96 Å². The summed E-state index contributed by atoms with van der Waals surface area (Å²) in [6, 6.07) is 6.69. The Balaban J connectivity index is 2.66. The molecule has 1 atom stereocenters. The van der Waals surface area contributed by atoms with E-state index in [1.54, 1.807) is 30.7 Å². The molecule has 2 rings (SSSR count). The first-order valence-corrected chi connectivity index (χ1v) is 11.3. The molecule has 8 nitrogen and oxygen atoms in total. The number of amidine groups is 1. The Kier molecular flexibility index (Phi) is 7.09. The van der Waals surface area contributed by atoms with E-state index in [2.05, 4.69) is 9.98 Å². The van der Waals surface area contributed by atoms with Gasteiger partial charge in [0.05, 0.1) is 13.5 Å². The van der Waals surface area contributed by atoms with Crippen LogP contribution < -0.4 is 0 Å². The van der Waals surface area contributed by atoms with E-state index in [4.69, 9.17) is 14.9 Å². The van der Waals surface area contributed by atoms with Crippen LogP contribution in [0.1, 0.15) is 6.42 Å². The second-order valence-electron chi connectivity index (χ2n) is 4.98. The Labute approximate surface area is 161 Å². The number of thioether (sulfide) groups is 2. The highest BCUT2D eigenvalue weighted by Crippen LogP contribution is 2.31. The van der Waals surface area contributed by atoms with Crippen molar-refractivity contribution in [3.05, 3.63) is 24.3 Å². The molecule has 0 fully saturated rings. The number of ether oxygens (including phenoxy) is 2. The number of hydrogen-bond donors (Lipinski definition) is 1. The van der Waals surface area contributed by atoms with Gasteiger partial charge in [-0.05, 0) is 24.6 Å². The highest BCUT2D eigenvalue weighted by molar-refractivity contribution is 8.13. The summed E-state index contributed by atoms with van der Waals surface area (Å²) in [6.45, 7) is 0. The lowest BCUT2D eigenvalue weighted by Crippen LogP contribution is -2.49. The number of guanidine groups is 1. The average molecular weight is 417 g/mol. The van der Waals surface area contributed by atoms with Crippen molar-refractivity contribution < 1.29 is 17.9 Å². The van der Waals surface area contributed by atoms with E-state index < -0.39 is 16.3 Å². The third-order valence-electron chi connectivity index (χ3n) is 3.54. The van der Waals surface area contributed by atoms with Crippen LogP contribution in [-0.2, 0) is 19.5 Å². The molecule has 11 heteroatoms. The summed E-state index contributed by atoms with van der Waals surface area (Å²) in [5.41, 5.74) is 0. The molecular weight excluding hydrogens is 396 g/mol. The Morgan fingerprint density at radius 2 is 2.04 bits per heavy atom. The number of methoxy groups -OCH3 is 2. The third kappa shape index (κ3) is 4.22. The van der Waals surface area contributed by atoms with Crippen LogP contribution in [-0.4, -0.2) is 62.7 Å². The standard InChI is InChI=1S/C15H20N4O4S3/c1-22-12-9-13(23-2)19(15(17-12)18-14(16)25-4)26(20,21)11-8-6-5-7-10(11)24-3/h5-8,13,16H,9H2,1-4H3. The van der Waals surface area contributed by atoms with Crippen molar-refractivity contribution in [1.29, 1.82) is 5.41 Å². The highest BCUT2D eigenvalue weighted by Gasteiger charge is 2.40. The largest absolute Gasteiger partial charge is 0.484 e. The molecule has 1 aromatic carbocycles. The van der Waals surface area contributed by atoms with E-state index >= 15 is 0 Å². The van der Waals surface area contributed by atoms with E-state index in [1.807, 2.05) is 0 Å². The van der Waals surface area contributed by atoms with E-state index in [9.17, 15) is 8.42 Å². The number of aliphatic imine (C=N–C) groups is 2. The molecule has 0 spiro atoms. The molecule has 0 saturated carbocycles. The Hall–Kier alpha value is -1.56. The Morgan fingerprint density at radius 3 is 2.62 bits per heavy atom. The number of benzene rings is 1. The van der Waals surface area contributed by atoms with Crippen molar-refractivity contribution in [3.63, 3.8) is 0 Å². The fourth-order valence-corrected chi connectivity index (χ4v) is 5.06. The molecule has 0 radical (unpaired) electrons. The molecule has 0 bridgehead atoms. The summed E-state index contributed by atoms with van der Waals surface area (Å²) >= 11 is 2.40. The minimum atomic E-state index is -4.01. The molecule has 142 valence electrons. The highest BCUT2D eigenvalue weighted by atomic mass is 32.2. The van der Waals surface area contributed by atoms with Gasteiger partial charge < -0.3 is 9.47 Å². The summed E-state index contributed by atoms with van der Waals surface area (Å²) in [4.78, 5) is 8.93. The molecule has 0 aliphatic carbocycles. The van der Waals surface area contributed by atoms with E-state index in [0.29, 0.717) is 4.90 Å². The first-order valence-electron chi connectivity index (χ1n) is 7.42. The first-order chi connectivity index (χ1) is 12.4. The number of nitrogens with one attached hydrogen (secondary N) is 1. The van der Waals surface area contributed by atoms with Gasteiger partial charge in [0.1, 0.15) is 4.90 Å². The number of nitrogens with zero attached hydrogens (tertiary/aromatic N) is 3. The first kappa shape index (κ1) is 20.7. The number of sulfonamides is 1. The van der Waals surface area contributed by atoms with Crippen LogP contribution in [0.2, 0.25) is 0 Å². The molecule has 1 N–H and O–H groups in total. The summed E-state index contributed by atoms with van der Waals surface area (Å²) in [5.74, 6) is 0.129. The SMILES string of the molecule is COC1=NC(=NC(=N)SC)N(S(=O)(=O)c2ccccc2SC)C(OC)C1. The number of rotatable bonds is 4. The monoisotopic (exact) mass is 416 g/mol. The smallest absolute Gasteiger partial charge is 0.269 e. The lowest BCUT2D eigenvalue weighted by molar-refractivity contribution is 0.0438. The summed E-state index contributed by atoms with van der Waals surface area (Å²) in [7, 11) is -1.17. The summed E-state index contributed by atoms with van der Waals surface area (Å²) in [5, 5.41) is 7.72. The van der Waals surface area contributed by atoms with Crippen molar-refractivity contribution >= 4 is 50.6 Å². The maximum atomic E-state index is 13.4. The molecule has 1 aliphatic heterocycles. The molecule has 26 heavy (non-hydrogen) atoms. The molecule has 1 aliphatic rings. The van der Waals surface area contributed by atoms with Crippen molar-refractivity contribution in [1.82, 2.24) is 4.31 Å². The lowest BCUT2D eigenvalue weighted by atomic mass is 10.3. The third-order valence-corrected chi connectivity index (χ3v) is 6.77. The topological polar surface area (TPSA) is 104 Å². The zero-order valence-electron chi connectivity index (χ0n) is 14.8. The van der Waals surface area contributed by atoms with Crippen LogP contribution in [0.5, 0.6) is 0 Å². The van der Waals surface area contributed by atoms with Gasteiger partial charge in [0.25, 0.3) is 10.0 Å². The zero-order valence-corrected chi connectivity index (χ0v) is 17.2. The molecule has 1 heterocycles. The van der Waals surface area contributed by atoms with Crippen LogP contribution in [0.3, 0.4) is 0 Å². The van der Waals surface area contributed by atoms with Crippen LogP contribution in [0.15, 0.2) is 44.0 Å². The van der Waals surface area contributed by atoms with Gasteiger partial charge in [-0.2, -0.15) is 9.98 Å². The van der Waals surface area contributed by atoms with Crippen LogP contribution in [0, 0.1) is 5.41 Å². The molecule has 0 amide bonds. The van der Waals surface area contributed by atoms with Gasteiger partial charge in [0, 0.05) is 12.0 Å². The second-order valence-corrected chi connectivity index (χ2v) is 8.40. The van der Waals surface area contributed by atoms with Crippen molar-refractivity contribution in [2.45, 2.75) is 22.4 Å². The normalized spacial score (nSPS) is 19.4. The van der Waals surface area contributed by atoms with Crippen molar-refractivity contribution in [3.8, 4) is 0 Å². The maximum absolute atomic E-state index is 13.4. The quantitative estimate of drug-likeness (QED) is 0.459. The van der Waals surface area contributed by atoms with Gasteiger partial charge >= 0.3 is 0 Å². The minimum Gasteiger partial charge on any atom is -0.484 e. The minimum absolute atomic E-state index is 0.0747. The lowest BCUT2D eigenvalue weighted by Gasteiger charge is -2.33. The fourth-order valence-electron chi connectivity index (χ4n) is 2.29. The fraction of sp³-hybridized carbons (Fsp3) is 0.400. The predicted molar refractivity (Wildman–Crippen MR) is 106 cm³/mol. The van der Waals surface area contributed by atoms with Crippen LogP contribution in [0.25, 0.3) is 0 Å². The Bertz CT molecular complexity index is 839. The van der Waals surface area contributed by atoms with Gasteiger partial charge in [0.15, 0.2) is 17.3 Å². The average Bonchev–Trinajstić information content (AvgIpc) is 2.66. The van der Waals surface area contributed by atoms with Gasteiger partial charge in [-0.15, -0.1) is 11.8 Å². The van der Waals surface area contributed by atoms with E-state index in [0.717, 1.165) is 16.1 Å².